The van der Waals surface area contributed by atoms with E-state index in [0.717, 1.165) is 29.1 Å². The lowest BCUT2D eigenvalue weighted by Crippen LogP contribution is -2.07. The summed E-state index contributed by atoms with van der Waals surface area (Å²) in [6, 6.07) is 1.73. The number of H-pyrrole nitrogens is 1. The fourth-order valence-electron chi connectivity index (χ4n) is 1.65. The Bertz CT molecular complexity index is 465. The van der Waals surface area contributed by atoms with Crippen LogP contribution in [-0.4, -0.2) is 22.1 Å². The maximum atomic E-state index is 9.22. The Kier molecular flexibility index (Phi) is 1.07. The molecule has 3 rings (SSSR count). The average molecular weight is 173 g/mol. The molecule has 0 aromatic carbocycles. The third-order valence-corrected chi connectivity index (χ3v) is 2.26. The topological polar surface area (TPSA) is 60.7 Å². The lowest BCUT2D eigenvalue weighted by Gasteiger charge is -2.07. The van der Waals surface area contributed by atoms with Crippen LogP contribution < -0.4 is 0 Å². The van der Waals surface area contributed by atoms with Crippen molar-refractivity contribution in [1.29, 1.82) is 0 Å². The first-order valence-corrected chi connectivity index (χ1v) is 4.05. The third-order valence-electron chi connectivity index (χ3n) is 2.26. The van der Waals surface area contributed by atoms with E-state index in [1.807, 2.05) is 6.08 Å². The molecular formula is C9H7N3O. The number of nitrogens with one attached hydrogen (secondary N) is 1. The van der Waals surface area contributed by atoms with Crippen LogP contribution >= 0.6 is 0 Å². The monoisotopic (exact) mass is 173 g/mol. The molecule has 0 radical (unpaired) electrons. The number of rotatable bonds is 0. The minimum absolute atomic E-state index is 0.200. The van der Waals surface area contributed by atoms with Gasteiger partial charge in [-0.25, -0.2) is 9.98 Å². The van der Waals surface area contributed by atoms with Crippen molar-refractivity contribution in [3.63, 3.8) is 0 Å². The highest BCUT2D eigenvalue weighted by Gasteiger charge is 2.20. The van der Waals surface area contributed by atoms with Crippen molar-refractivity contribution in [2.45, 2.75) is 6.42 Å². The summed E-state index contributed by atoms with van der Waals surface area (Å²) < 4.78 is 0. The van der Waals surface area contributed by atoms with Gasteiger partial charge in [0.1, 0.15) is 6.34 Å². The lowest BCUT2D eigenvalue weighted by atomic mass is 10.0. The second-order valence-electron chi connectivity index (χ2n) is 3.12. The summed E-state index contributed by atoms with van der Waals surface area (Å²) in [4.78, 5) is 11.1. The first-order valence-electron chi connectivity index (χ1n) is 4.05. The van der Waals surface area contributed by atoms with Crippen molar-refractivity contribution in [3.05, 3.63) is 23.0 Å². The molecule has 0 spiro atoms. The van der Waals surface area contributed by atoms with E-state index >= 15 is 0 Å². The zero-order valence-corrected chi connectivity index (χ0v) is 6.78. The van der Waals surface area contributed by atoms with E-state index in [-0.39, 0.29) is 5.88 Å². The predicted octanol–water partition coefficient (Wildman–Crippen LogP) is 1.10. The number of aromatic hydroxyl groups is 1. The quantitative estimate of drug-likeness (QED) is 0.606. The molecule has 4 nitrogen and oxygen atoms in total. The maximum absolute atomic E-state index is 9.22. The standard InChI is InChI=1S/C9H7N3O/c13-9-2-5-1-7-8(11-4-10-7)3-6(5)12-9/h2-4,12-13H,1H2. The molecule has 4 heteroatoms. The zero-order chi connectivity index (χ0) is 8.84. The van der Waals surface area contributed by atoms with Crippen LogP contribution in [0.5, 0.6) is 5.88 Å². The molecule has 1 aromatic rings. The summed E-state index contributed by atoms with van der Waals surface area (Å²) in [6.45, 7) is 0. The summed E-state index contributed by atoms with van der Waals surface area (Å²) >= 11 is 0. The SMILES string of the molecule is Oc1cc2c([nH]1)C=C1N=CN=C1C2. The molecule has 0 unspecified atom stereocenters. The van der Waals surface area contributed by atoms with Crippen molar-refractivity contribution >= 4 is 18.1 Å². The molecule has 1 aliphatic carbocycles. The van der Waals surface area contributed by atoms with Crippen LogP contribution in [0.15, 0.2) is 21.7 Å². The van der Waals surface area contributed by atoms with E-state index in [9.17, 15) is 5.11 Å². The number of fused-ring (bicyclic) bond motifs is 2. The first-order chi connectivity index (χ1) is 6.33. The number of aliphatic imine (C=N–C) groups is 2. The van der Waals surface area contributed by atoms with Crippen LogP contribution in [0.4, 0.5) is 0 Å². The molecule has 0 fully saturated rings. The van der Waals surface area contributed by atoms with Crippen LogP contribution in [-0.2, 0) is 6.42 Å². The summed E-state index contributed by atoms with van der Waals surface area (Å²) in [7, 11) is 0. The van der Waals surface area contributed by atoms with Gasteiger partial charge in [0.05, 0.1) is 11.4 Å². The van der Waals surface area contributed by atoms with Gasteiger partial charge in [0.25, 0.3) is 0 Å². The number of aromatic nitrogens is 1. The molecule has 0 saturated heterocycles. The van der Waals surface area contributed by atoms with Crippen LogP contribution in [0, 0.1) is 0 Å². The summed E-state index contributed by atoms with van der Waals surface area (Å²) in [6.07, 6.45) is 4.21. The van der Waals surface area contributed by atoms with Gasteiger partial charge in [-0.1, -0.05) is 0 Å². The normalized spacial score (nSPS) is 17.8. The van der Waals surface area contributed by atoms with Crippen molar-refractivity contribution in [2.24, 2.45) is 9.98 Å². The van der Waals surface area contributed by atoms with Gasteiger partial charge in [0, 0.05) is 18.2 Å². The molecule has 0 atom stereocenters. The molecule has 2 heterocycles. The Morgan fingerprint density at radius 2 is 2.38 bits per heavy atom. The smallest absolute Gasteiger partial charge is 0.188 e. The summed E-state index contributed by atoms with van der Waals surface area (Å²) in [5.74, 6) is 0.200. The zero-order valence-electron chi connectivity index (χ0n) is 6.78. The molecule has 2 aliphatic rings. The number of hydrogen-bond acceptors (Lipinski definition) is 3. The molecule has 64 valence electrons. The molecule has 13 heavy (non-hydrogen) atoms. The fraction of sp³-hybridized carbons (Fsp3) is 0.111. The van der Waals surface area contributed by atoms with Crippen molar-refractivity contribution in [1.82, 2.24) is 4.98 Å². The molecule has 1 aliphatic heterocycles. The third kappa shape index (κ3) is 0.853. The van der Waals surface area contributed by atoms with E-state index in [1.165, 1.54) is 0 Å². The Hall–Kier alpha value is -1.84. The van der Waals surface area contributed by atoms with Gasteiger partial charge in [-0.3, -0.25) is 0 Å². The van der Waals surface area contributed by atoms with Crippen LogP contribution in [0.2, 0.25) is 0 Å². The second kappa shape index (κ2) is 2.10. The van der Waals surface area contributed by atoms with Crippen LogP contribution in [0.25, 0.3) is 6.08 Å². The lowest BCUT2D eigenvalue weighted by molar-refractivity contribution is 0.457. The van der Waals surface area contributed by atoms with E-state index in [2.05, 4.69) is 15.0 Å². The van der Waals surface area contributed by atoms with Gasteiger partial charge in [0.15, 0.2) is 5.88 Å². The second-order valence-corrected chi connectivity index (χ2v) is 3.12. The average Bonchev–Trinajstić information content (AvgIpc) is 2.63. The fourth-order valence-corrected chi connectivity index (χ4v) is 1.65. The van der Waals surface area contributed by atoms with Gasteiger partial charge >= 0.3 is 0 Å². The molecular weight excluding hydrogens is 166 g/mol. The minimum atomic E-state index is 0.200. The maximum Gasteiger partial charge on any atom is 0.188 e. The Morgan fingerprint density at radius 3 is 3.31 bits per heavy atom. The molecule has 2 N–H and O–H groups in total. The molecule has 0 saturated carbocycles. The van der Waals surface area contributed by atoms with E-state index in [0.29, 0.717) is 0 Å². The van der Waals surface area contributed by atoms with Gasteiger partial charge in [0.2, 0.25) is 0 Å². The van der Waals surface area contributed by atoms with Gasteiger partial charge in [-0.2, -0.15) is 0 Å². The first kappa shape index (κ1) is 6.65. The number of allylic oxidation sites excluding steroid dienone is 1. The molecule has 0 bridgehead atoms. The molecule has 0 amide bonds. The van der Waals surface area contributed by atoms with Crippen LogP contribution in [0.1, 0.15) is 11.3 Å². The van der Waals surface area contributed by atoms with E-state index < -0.39 is 0 Å². The Labute approximate surface area is 74.3 Å². The number of aromatic amines is 1. The minimum Gasteiger partial charge on any atom is -0.495 e. The van der Waals surface area contributed by atoms with Crippen LogP contribution in [0.3, 0.4) is 0 Å². The Morgan fingerprint density at radius 1 is 1.46 bits per heavy atom. The Balaban J connectivity index is 2.20. The highest BCUT2D eigenvalue weighted by atomic mass is 16.3. The van der Waals surface area contributed by atoms with Gasteiger partial charge in [-0.15, -0.1) is 0 Å². The molecule has 1 aromatic heterocycles. The summed E-state index contributed by atoms with van der Waals surface area (Å²) in [5.41, 5.74) is 3.89. The van der Waals surface area contributed by atoms with Gasteiger partial charge in [-0.05, 0) is 11.6 Å². The summed E-state index contributed by atoms with van der Waals surface area (Å²) in [5, 5.41) is 9.22. The van der Waals surface area contributed by atoms with Crippen molar-refractivity contribution < 1.29 is 5.11 Å². The van der Waals surface area contributed by atoms with E-state index in [4.69, 9.17) is 0 Å². The largest absolute Gasteiger partial charge is 0.495 e. The van der Waals surface area contributed by atoms with Gasteiger partial charge < -0.3 is 10.1 Å². The number of hydrogen-bond donors (Lipinski definition) is 2. The predicted molar refractivity (Wildman–Crippen MR) is 50.1 cm³/mol. The van der Waals surface area contributed by atoms with Crippen molar-refractivity contribution in [3.8, 4) is 5.88 Å². The highest BCUT2D eigenvalue weighted by Crippen LogP contribution is 2.27. The van der Waals surface area contributed by atoms with E-state index in [1.54, 1.807) is 12.4 Å². The van der Waals surface area contributed by atoms with Crippen molar-refractivity contribution in [2.75, 3.05) is 0 Å². The number of nitrogens with zero attached hydrogens (tertiary/aromatic N) is 2. The highest BCUT2D eigenvalue weighted by molar-refractivity contribution is 6.13.